The highest BCUT2D eigenvalue weighted by Gasteiger charge is 2.19. The van der Waals surface area contributed by atoms with Crippen LogP contribution in [0.2, 0.25) is 0 Å². The summed E-state index contributed by atoms with van der Waals surface area (Å²) in [5.74, 6) is -0.00778. The summed E-state index contributed by atoms with van der Waals surface area (Å²) in [5, 5.41) is 2.67. The van der Waals surface area contributed by atoms with E-state index in [4.69, 9.17) is 9.15 Å². The molecule has 6 nitrogen and oxygen atoms in total. The van der Waals surface area contributed by atoms with E-state index in [2.05, 4.69) is 5.32 Å². The molecule has 1 aliphatic rings. The van der Waals surface area contributed by atoms with E-state index >= 15 is 0 Å². The van der Waals surface area contributed by atoms with Gasteiger partial charge in [0.05, 0.1) is 12.9 Å². The summed E-state index contributed by atoms with van der Waals surface area (Å²) in [6, 6.07) is 3.24. The molecule has 0 aromatic carbocycles. The molecule has 0 radical (unpaired) electrons. The summed E-state index contributed by atoms with van der Waals surface area (Å²) in [4.78, 5) is 24.3. The van der Waals surface area contributed by atoms with Crippen LogP contribution in [0.25, 0.3) is 0 Å². The van der Waals surface area contributed by atoms with Gasteiger partial charge in [-0.3, -0.25) is 4.79 Å². The van der Waals surface area contributed by atoms with Gasteiger partial charge in [0.25, 0.3) is 5.91 Å². The van der Waals surface area contributed by atoms with E-state index in [1.807, 2.05) is 0 Å². The number of furan rings is 1. The predicted molar refractivity (Wildman–Crippen MR) is 58.6 cm³/mol. The molecule has 0 unspecified atom stereocenters. The minimum atomic E-state index is -0.316. The Bertz CT molecular complexity index is 388. The molecule has 2 amide bonds. The molecule has 1 aliphatic heterocycles. The lowest BCUT2D eigenvalue weighted by atomic mass is 10.3. The van der Waals surface area contributed by atoms with Gasteiger partial charge in [0, 0.05) is 19.6 Å². The van der Waals surface area contributed by atoms with Crippen LogP contribution in [-0.4, -0.2) is 43.1 Å². The SMILES string of the molecule is O=C(NCCN1CCCOC1=O)c1ccco1. The van der Waals surface area contributed by atoms with Crippen molar-refractivity contribution in [3.05, 3.63) is 24.2 Å². The smallest absolute Gasteiger partial charge is 0.409 e. The molecule has 2 rings (SSSR count). The average molecular weight is 238 g/mol. The largest absolute Gasteiger partial charge is 0.459 e. The van der Waals surface area contributed by atoms with Crippen LogP contribution in [-0.2, 0) is 4.74 Å². The van der Waals surface area contributed by atoms with Crippen molar-refractivity contribution in [2.45, 2.75) is 6.42 Å². The topological polar surface area (TPSA) is 71.8 Å². The molecule has 6 heteroatoms. The molecule has 2 heterocycles. The highest BCUT2D eigenvalue weighted by molar-refractivity contribution is 5.91. The molecule has 1 fully saturated rings. The Balaban J connectivity index is 1.72. The summed E-state index contributed by atoms with van der Waals surface area (Å²) in [6.45, 7) is 1.99. The molecule has 0 bridgehead atoms. The van der Waals surface area contributed by atoms with E-state index in [0.29, 0.717) is 26.2 Å². The first kappa shape index (κ1) is 11.5. The lowest BCUT2D eigenvalue weighted by Gasteiger charge is -2.26. The maximum absolute atomic E-state index is 11.5. The normalized spacial score (nSPS) is 15.5. The Morgan fingerprint density at radius 3 is 3.12 bits per heavy atom. The van der Waals surface area contributed by atoms with Crippen LogP contribution in [0.3, 0.4) is 0 Å². The number of nitrogens with zero attached hydrogens (tertiary/aromatic N) is 1. The number of amides is 2. The molecular weight excluding hydrogens is 224 g/mol. The Labute approximate surface area is 98.5 Å². The van der Waals surface area contributed by atoms with Crippen molar-refractivity contribution in [1.29, 1.82) is 0 Å². The van der Waals surface area contributed by atoms with Crippen molar-refractivity contribution in [3.8, 4) is 0 Å². The Morgan fingerprint density at radius 1 is 1.53 bits per heavy atom. The van der Waals surface area contributed by atoms with E-state index in [-0.39, 0.29) is 17.8 Å². The fourth-order valence-electron chi connectivity index (χ4n) is 1.60. The van der Waals surface area contributed by atoms with Crippen molar-refractivity contribution >= 4 is 12.0 Å². The molecule has 0 atom stereocenters. The molecule has 0 aliphatic carbocycles. The van der Waals surface area contributed by atoms with Gasteiger partial charge in [0.1, 0.15) is 0 Å². The molecule has 1 N–H and O–H groups in total. The number of rotatable bonds is 4. The summed E-state index contributed by atoms with van der Waals surface area (Å²) in [5.41, 5.74) is 0. The monoisotopic (exact) mass is 238 g/mol. The van der Waals surface area contributed by atoms with Crippen molar-refractivity contribution in [2.75, 3.05) is 26.2 Å². The number of cyclic esters (lactones) is 1. The summed E-state index contributed by atoms with van der Waals surface area (Å²) >= 11 is 0. The third-order valence-electron chi connectivity index (χ3n) is 2.47. The zero-order valence-electron chi connectivity index (χ0n) is 9.35. The van der Waals surface area contributed by atoms with Gasteiger partial charge in [-0.1, -0.05) is 0 Å². The van der Waals surface area contributed by atoms with Gasteiger partial charge in [-0.2, -0.15) is 0 Å². The maximum Gasteiger partial charge on any atom is 0.409 e. The van der Waals surface area contributed by atoms with E-state index in [1.165, 1.54) is 6.26 Å². The van der Waals surface area contributed by atoms with Crippen LogP contribution in [0.1, 0.15) is 17.0 Å². The van der Waals surface area contributed by atoms with Gasteiger partial charge in [-0.25, -0.2) is 4.79 Å². The zero-order valence-corrected chi connectivity index (χ0v) is 9.35. The second-order valence-corrected chi connectivity index (χ2v) is 3.69. The van der Waals surface area contributed by atoms with Gasteiger partial charge in [-0.15, -0.1) is 0 Å². The second kappa shape index (κ2) is 5.38. The van der Waals surface area contributed by atoms with E-state index in [0.717, 1.165) is 6.42 Å². The zero-order chi connectivity index (χ0) is 12.1. The molecular formula is C11H14N2O4. The predicted octanol–water partition coefficient (Wildman–Crippen LogP) is 0.852. The first-order valence-corrected chi connectivity index (χ1v) is 5.51. The molecule has 0 saturated carbocycles. The van der Waals surface area contributed by atoms with Crippen LogP contribution in [0.5, 0.6) is 0 Å². The third kappa shape index (κ3) is 2.99. The van der Waals surface area contributed by atoms with Crippen molar-refractivity contribution in [2.24, 2.45) is 0 Å². The van der Waals surface area contributed by atoms with Crippen molar-refractivity contribution in [3.63, 3.8) is 0 Å². The molecule has 0 spiro atoms. The first-order chi connectivity index (χ1) is 8.27. The number of hydrogen-bond donors (Lipinski definition) is 1. The average Bonchev–Trinajstić information content (AvgIpc) is 2.85. The van der Waals surface area contributed by atoms with Gasteiger partial charge < -0.3 is 19.4 Å². The Kier molecular flexibility index (Phi) is 3.64. The van der Waals surface area contributed by atoms with Gasteiger partial charge in [-0.05, 0) is 18.6 Å². The van der Waals surface area contributed by atoms with E-state index in [9.17, 15) is 9.59 Å². The third-order valence-corrected chi connectivity index (χ3v) is 2.47. The number of carbonyl (C=O) groups is 2. The molecule has 92 valence electrons. The highest BCUT2D eigenvalue weighted by Crippen LogP contribution is 2.03. The molecule has 1 aromatic rings. The fraction of sp³-hybridized carbons (Fsp3) is 0.455. The Hall–Kier alpha value is -1.98. The van der Waals surface area contributed by atoms with Gasteiger partial charge in [0.15, 0.2) is 5.76 Å². The van der Waals surface area contributed by atoms with Crippen LogP contribution >= 0.6 is 0 Å². The second-order valence-electron chi connectivity index (χ2n) is 3.69. The van der Waals surface area contributed by atoms with Crippen LogP contribution < -0.4 is 5.32 Å². The van der Waals surface area contributed by atoms with Gasteiger partial charge >= 0.3 is 6.09 Å². The minimum absolute atomic E-state index is 0.270. The maximum atomic E-state index is 11.5. The number of carbonyl (C=O) groups excluding carboxylic acids is 2. The lowest BCUT2D eigenvalue weighted by molar-refractivity contribution is 0.0717. The van der Waals surface area contributed by atoms with Crippen LogP contribution in [0.4, 0.5) is 4.79 Å². The molecule has 17 heavy (non-hydrogen) atoms. The number of hydrogen-bond acceptors (Lipinski definition) is 4. The number of ether oxygens (including phenoxy) is 1. The highest BCUT2D eigenvalue weighted by atomic mass is 16.6. The van der Waals surface area contributed by atoms with Gasteiger partial charge in [0.2, 0.25) is 0 Å². The number of nitrogens with one attached hydrogen (secondary N) is 1. The molecule has 1 aromatic heterocycles. The van der Waals surface area contributed by atoms with E-state index < -0.39 is 0 Å². The van der Waals surface area contributed by atoms with E-state index in [1.54, 1.807) is 17.0 Å². The van der Waals surface area contributed by atoms with Crippen LogP contribution in [0.15, 0.2) is 22.8 Å². The minimum Gasteiger partial charge on any atom is -0.459 e. The summed E-state index contributed by atoms with van der Waals surface area (Å²) in [7, 11) is 0. The Morgan fingerprint density at radius 2 is 2.41 bits per heavy atom. The lowest BCUT2D eigenvalue weighted by Crippen LogP contribution is -2.42. The fourth-order valence-corrected chi connectivity index (χ4v) is 1.60. The standard InChI is InChI=1S/C11H14N2O4/c14-10(9-3-1-7-16-9)12-4-6-13-5-2-8-17-11(13)15/h1,3,7H,2,4-6,8H2,(H,12,14). The van der Waals surface area contributed by atoms with Crippen molar-refractivity contribution < 1.29 is 18.7 Å². The summed E-state index contributed by atoms with van der Waals surface area (Å²) in [6.07, 6.45) is 1.96. The summed E-state index contributed by atoms with van der Waals surface area (Å²) < 4.78 is 9.82. The quantitative estimate of drug-likeness (QED) is 0.844. The molecule has 1 saturated heterocycles. The first-order valence-electron chi connectivity index (χ1n) is 5.51. The van der Waals surface area contributed by atoms with Crippen molar-refractivity contribution in [1.82, 2.24) is 10.2 Å². The van der Waals surface area contributed by atoms with Crippen LogP contribution in [0, 0.1) is 0 Å².